The largest absolute Gasteiger partial charge is 0.382 e. The fourth-order valence-electron chi connectivity index (χ4n) is 3.10. The Hall–Kier alpha value is -2.44. The summed E-state index contributed by atoms with van der Waals surface area (Å²) in [5.41, 5.74) is 0.197. The molecule has 2 aromatic carbocycles. The number of hydrogen-bond donors (Lipinski definition) is 2. The van der Waals surface area contributed by atoms with Crippen LogP contribution in [0.2, 0.25) is 0 Å². The van der Waals surface area contributed by atoms with Crippen LogP contribution in [0.15, 0.2) is 54.6 Å². The lowest BCUT2D eigenvalue weighted by Gasteiger charge is -2.31. The van der Waals surface area contributed by atoms with Gasteiger partial charge in [-0.15, -0.1) is 0 Å². The molecule has 0 aliphatic heterocycles. The highest BCUT2D eigenvalue weighted by Gasteiger charge is 2.43. The fourth-order valence-corrected chi connectivity index (χ4v) is 3.10. The molecule has 0 saturated heterocycles. The normalized spacial score (nSPS) is 14.4. The zero-order chi connectivity index (χ0) is 21.4. The van der Waals surface area contributed by atoms with Gasteiger partial charge in [-0.2, -0.15) is 0 Å². The van der Waals surface area contributed by atoms with Crippen LogP contribution < -0.4 is 5.32 Å². The van der Waals surface area contributed by atoms with Gasteiger partial charge >= 0.3 is 0 Å². The summed E-state index contributed by atoms with van der Waals surface area (Å²) in [5.74, 6) is -0.552. The van der Waals surface area contributed by atoms with Crippen LogP contribution in [0.5, 0.6) is 0 Å². The van der Waals surface area contributed by atoms with Crippen molar-refractivity contribution in [2.45, 2.75) is 51.2 Å². The summed E-state index contributed by atoms with van der Waals surface area (Å²) >= 11 is 0. The first-order valence-electron chi connectivity index (χ1n) is 9.72. The third-order valence-electron chi connectivity index (χ3n) is 4.94. The smallest absolute Gasteiger partial charge is 0.268 e. The highest BCUT2D eigenvalue weighted by molar-refractivity contribution is 5.96. The lowest BCUT2D eigenvalue weighted by Crippen LogP contribution is -2.57. The lowest BCUT2D eigenvalue weighted by molar-refractivity contribution is -0.141. The maximum atomic E-state index is 13.1. The molecule has 0 radical (unpaired) electrons. The van der Waals surface area contributed by atoms with Gasteiger partial charge < -0.3 is 10.4 Å². The number of carbonyl (C=O) groups is 2. The molecule has 0 aliphatic rings. The van der Waals surface area contributed by atoms with Crippen molar-refractivity contribution in [1.82, 2.24) is 5.32 Å². The number of aliphatic hydroxyl groups is 1. The van der Waals surface area contributed by atoms with Gasteiger partial charge in [-0.1, -0.05) is 61.5 Å². The van der Waals surface area contributed by atoms with Crippen LogP contribution in [0, 0.1) is 0 Å². The molecule has 0 spiro atoms. The number of Topliss-reactive ketones (excluding diaryl/α,β-unsaturated/α-hetero) is 2. The van der Waals surface area contributed by atoms with E-state index in [0.29, 0.717) is 12.0 Å². The Labute approximate surface area is 170 Å². The van der Waals surface area contributed by atoms with E-state index in [-0.39, 0.29) is 25.2 Å². The molecule has 29 heavy (non-hydrogen) atoms. The van der Waals surface area contributed by atoms with Crippen LogP contribution in [0.1, 0.15) is 43.5 Å². The van der Waals surface area contributed by atoms with Crippen molar-refractivity contribution in [2.24, 2.45) is 0 Å². The molecular weight excluding hydrogens is 376 g/mol. The molecule has 0 unspecified atom stereocenters. The highest BCUT2D eigenvalue weighted by atomic mass is 19.3. The van der Waals surface area contributed by atoms with E-state index in [1.54, 1.807) is 19.1 Å². The summed E-state index contributed by atoms with van der Waals surface area (Å²) in [6.07, 6.45) is -2.44. The van der Waals surface area contributed by atoms with Gasteiger partial charge in [0.05, 0.1) is 0 Å². The number of carbonyl (C=O) groups excluding carboxylic acids is 2. The van der Waals surface area contributed by atoms with E-state index < -0.39 is 23.9 Å². The van der Waals surface area contributed by atoms with Crippen LogP contribution in [0.4, 0.5) is 8.78 Å². The molecule has 156 valence electrons. The van der Waals surface area contributed by atoms with E-state index in [9.17, 15) is 23.5 Å². The van der Waals surface area contributed by atoms with Crippen LogP contribution in [-0.2, 0) is 4.79 Å². The molecule has 2 atom stereocenters. The Morgan fingerprint density at radius 3 is 2.17 bits per heavy atom. The monoisotopic (exact) mass is 403 g/mol. The zero-order valence-electron chi connectivity index (χ0n) is 16.7. The first-order valence-corrected chi connectivity index (χ1v) is 9.72. The van der Waals surface area contributed by atoms with Crippen molar-refractivity contribution >= 4 is 11.6 Å². The predicted octanol–water partition coefficient (Wildman–Crippen LogP) is 4.27. The predicted molar refractivity (Wildman–Crippen MR) is 109 cm³/mol. The molecule has 0 saturated carbocycles. The maximum absolute atomic E-state index is 13.1. The number of hydrogen-bond acceptors (Lipinski definition) is 4. The molecule has 2 N–H and O–H groups in total. The van der Waals surface area contributed by atoms with Crippen molar-refractivity contribution in [1.29, 1.82) is 0 Å². The third-order valence-corrected chi connectivity index (χ3v) is 4.94. The quantitative estimate of drug-likeness (QED) is 0.434. The molecule has 4 nitrogen and oxygen atoms in total. The van der Waals surface area contributed by atoms with Crippen molar-refractivity contribution in [3.63, 3.8) is 0 Å². The zero-order valence-corrected chi connectivity index (χ0v) is 16.7. The van der Waals surface area contributed by atoms with Crippen molar-refractivity contribution in [2.75, 3.05) is 6.54 Å². The van der Waals surface area contributed by atoms with Gasteiger partial charge in [0, 0.05) is 18.4 Å². The Kier molecular flexibility index (Phi) is 8.17. The van der Waals surface area contributed by atoms with Crippen molar-refractivity contribution < 1.29 is 23.5 Å². The van der Waals surface area contributed by atoms with Gasteiger partial charge in [0.1, 0.15) is 11.6 Å². The Balaban J connectivity index is 1.89. The average Bonchev–Trinajstić information content (AvgIpc) is 2.73. The molecule has 0 bridgehead atoms. The van der Waals surface area contributed by atoms with Gasteiger partial charge in [0.15, 0.2) is 11.6 Å². The molecular formula is C23H27F2NO3. The summed E-state index contributed by atoms with van der Waals surface area (Å²) in [5, 5.41) is 12.7. The molecule has 2 aromatic rings. The van der Waals surface area contributed by atoms with Crippen LogP contribution in [0.3, 0.4) is 0 Å². The first-order chi connectivity index (χ1) is 13.8. The lowest BCUT2D eigenvalue weighted by atomic mass is 9.91. The topological polar surface area (TPSA) is 66.4 Å². The van der Waals surface area contributed by atoms with Crippen molar-refractivity contribution in [3.05, 3.63) is 60.2 Å². The van der Waals surface area contributed by atoms with Crippen LogP contribution in [0.25, 0.3) is 11.1 Å². The fraction of sp³-hybridized carbons (Fsp3) is 0.391. The highest BCUT2D eigenvalue weighted by Crippen LogP contribution is 2.22. The minimum Gasteiger partial charge on any atom is -0.382 e. The first kappa shape index (κ1) is 22.8. The summed E-state index contributed by atoms with van der Waals surface area (Å²) in [6, 6.07) is 15.8. The average molecular weight is 403 g/mol. The van der Waals surface area contributed by atoms with E-state index >= 15 is 0 Å². The van der Waals surface area contributed by atoms with Gasteiger partial charge in [-0.3, -0.25) is 9.59 Å². The van der Waals surface area contributed by atoms with Crippen LogP contribution >= 0.6 is 0 Å². The van der Waals surface area contributed by atoms with Gasteiger partial charge in [0.25, 0.3) is 6.43 Å². The summed E-state index contributed by atoms with van der Waals surface area (Å²) in [7, 11) is 0. The molecule has 0 heterocycles. The van der Waals surface area contributed by atoms with E-state index in [4.69, 9.17) is 0 Å². The summed E-state index contributed by atoms with van der Waals surface area (Å²) in [4.78, 5) is 24.3. The Bertz CT molecular complexity index is 805. The Morgan fingerprint density at radius 2 is 1.62 bits per heavy atom. The number of halogens is 2. The van der Waals surface area contributed by atoms with Gasteiger partial charge in [0.2, 0.25) is 0 Å². The Morgan fingerprint density at radius 1 is 1.03 bits per heavy atom. The second-order valence-electron chi connectivity index (χ2n) is 7.20. The SMILES string of the molecule is CCC(=O)[C@@H](NCCCC(=O)c1ccc(-c2ccccc2)cc1)[C@](C)(O)C(F)F. The molecule has 0 amide bonds. The molecule has 0 fully saturated rings. The number of ketones is 2. The molecule has 6 heteroatoms. The van der Waals surface area contributed by atoms with E-state index in [1.807, 2.05) is 42.5 Å². The third kappa shape index (κ3) is 6.02. The standard InChI is InChI=1S/C23H27F2NO3/c1-3-19(27)21(23(2,29)22(24)25)26-15-7-10-20(28)18-13-11-17(12-14-18)16-8-5-4-6-9-16/h4-6,8-9,11-14,21-22,26,29H,3,7,10,15H2,1-2H3/t21-,23+/m1/s1. The maximum Gasteiger partial charge on any atom is 0.268 e. The minimum absolute atomic E-state index is 0.0350. The van der Waals surface area contributed by atoms with E-state index in [0.717, 1.165) is 18.1 Å². The van der Waals surface area contributed by atoms with E-state index in [1.165, 1.54) is 0 Å². The molecule has 2 rings (SSSR count). The molecule has 0 aliphatic carbocycles. The second kappa shape index (κ2) is 10.4. The minimum atomic E-state index is -3.06. The number of alkyl halides is 2. The summed E-state index contributed by atoms with van der Waals surface area (Å²) in [6.45, 7) is 2.68. The van der Waals surface area contributed by atoms with Crippen molar-refractivity contribution in [3.8, 4) is 11.1 Å². The number of nitrogens with one attached hydrogen (secondary N) is 1. The molecule has 0 aromatic heterocycles. The van der Waals surface area contributed by atoms with Crippen LogP contribution in [-0.4, -0.2) is 41.3 Å². The van der Waals surface area contributed by atoms with E-state index in [2.05, 4.69) is 5.32 Å². The number of benzene rings is 2. The van der Waals surface area contributed by atoms with Gasteiger partial charge in [-0.25, -0.2) is 8.78 Å². The summed E-state index contributed by atoms with van der Waals surface area (Å²) < 4.78 is 26.2. The number of rotatable bonds is 11. The van der Waals surface area contributed by atoms with Gasteiger partial charge in [-0.05, 0) is 31.0 Å². The second-order valence-corrected chi connectivity index (χ2v) is 7.20.